The lowest BCUT2D eigenvalue weighted by Crippen LogP contribution is -2.60. The molecule has 0 amide bonds. The van der Waals surface area contributed by atoms with E-state index in [2.05, 4.69) is 63.4 Å². The standard InChI is InChI=1S/C21H27F2N7O3.C15H22BF2N3O2.C15H22ClN5O3/c1-21(2)11-31-4-3-29(21)19-26-18(15-6-25-16(24)5-14(15)17(22)23)27-20(28-19)30-12-7-32-9-13(30)10-33-8-12;1-14(2)15(3,4)23-16(22-14)11-8-19-12(20-9-21(5)6)7-10(11)13(17)18;1-15(2)9-22-4-3-20(15)13-17-12(16)18-14(19-13)21-10-5-23-7-11(21)8-24-6-10/h5-6,12-13,17H,3-4,7-11H2,1-2H3,(H2,24,25);7-9,13H,1-6H3;10-11H,3-9H2,1-2H3. The Balaban J connectivity index is 0.000000149. The molecule has 436 valence electrons. The molecule has 7 fully saturated rings. The zero-order chi connectivity index (χ0) is 57.3. The Morgan fingerprint density at radius 3 is 1.54 bits per heavy atom. The van der Waals surface area contributed by atoms with Crippen LogP contribution < -0.4 is 30.8 Å². The number of rotatable bonds is 10. The number of halogens is 5. The van der Waals surface area contributed by atoms with Gasteiger partial charge in [-0.3, -0.25) is 0 Å². The van der Waals surface area contributed by atoms with Crippen molar-refractivity contribution in [3.8, 4) is 11.4 Å². The molecule has 2 N–H and O–H groups in total. The first-order valence-electron chi connectivity index (χ1n) is 26.6. The van der Waals surface area contributed by atoms with E-state index in [0.29, 0.717) is 110 Å². The number of alkyl halides is 4. The van der Waals surface area contributed by atoms with Crippen molar-refractivity contribution < 1.29 is 55.3 Å². The van der Waals surface area contributed by atoms with E-state index in [1.165, 1.54) is 30.9 Å². The lowest BCUT2D eigenvalue weighted by atomic mass is 9.77. The maximum absolute atomic E-state index is 13.9. The van der Waals surface area contributed by atoms with E-state index >= 15 is 0 Å². The van der Waals surface area contributed by atoms with Crippen LogP contribution in [-0.2, 0) is 37.7 Å². The van der Waals surface area contributed by atoms with Gasteiger partial charge in [0.15, 0.2) is 11.6 Å². The Morgan fingerprint density at radius 2 is 1.07 bits per heavy atom. The fourth-order valence-electron chi connectivity index (χ4n) is 10.1. The van der Waals surface area contributed by atoms with E-state index in [0.717, 1.165) is 6.54 Å². The van der Waals surface area contributed by atoms with Crippen LogP contribution in [0.15, 0.2) is 29.5 Å². The number of hydrogen-bond donors (Lipinski definition) is 1. The predicted octanol–water partition coefficient (Wildman–Crippen LogP) is 4.96. The lowest BCUT2D eigenvalue weighted by molar-refractivity contribution is -0.0355. The summed E-state index contributed by atoms with van der Waals surface area (Å²) in [5.74, 6) is 2.39. The van der Waals surface area contributed by atoms with Gasteiger partial charge in [0, 0.05) is 61.7 Å². The van der Waals surface area contributed by atoms with Crippen LogP contribution in [0.3, 0.4) is 0 Å². The molecule has 0 aromatic carbocycles. The molecule has 0 saturated carbocycles. The molecule has 11 heterocycles. The van der Waals surface area contributed by atoms with Gasteiger partial charge in [-0.2, -0.15) is 29.9 Å². The van der Waals surface area contributed by atoms with Crippen LogP contribution >= 0.6 is 11.6 Å². The molecule has 7 saturated heterocycles. The Morgan fingerprint density at radius 1 is 0.625 bits per heavy atom. The van der Waals surface area contributed by atoms with Gasteiger partial charge in [0.1, 0.15) is 5.82 Å². The summed E-state index contributed by atoms with van der Waals surface area (Å²) in [7, 11) is 2.70. The summed E-state index contributed by atoms with van der Waals surface area (Å²) in [6, 6.07) is 2.52. The number of fused-ring (bicyclic) bond motifs is 4. The second-order valence-corrected chi connectivity index (χ2v) is 23.2. The largest absolute Gasteiger partial charge is 0.496 e. The average molecular weight is 1140 g/mol. The molecule has 4 aromatic heterocycles. The van der Waals surface area contributed by atoms with Crippen LogP contribution in [-0.4, -0.2) is 211 Å². The van der Waals surface area contributed by atoms with Crippen molar-refractivity contribution in [3.63, 3.8) is 0 Å². The van der Waals surface area contributed by atoms with Crippen molar-refractivity contribution in [3.05, 3.63) is 40.9 Å². The van der Waals surface area contributed by atoms with Gasteiger partial charge in [0.25, 0.3) is 12.9 Å². The molecular formula is C51H71BClF4N15O8. The van der Waals surface area contributed by atoms with Gasteiger partial charge in [0.05, 0.1) is 132 Å². The second-order valence-electron chi connectivity index (χ2n) is 22.8. The van der Waals surface area contributed by atoms with Crippen molar-refractivity contribution >= 4 is 65.9 Å². The molecule has 7 aliphatic rings. The second kappa shape index (κ2) is 24.2. The fourth-order valence-corrected chi connectivity index (χ4v) is 10.3. The summed E-state index contributed by atoms with van der Waals surface area (Å²) < 4.78 is 100. The molecule has 4 aromatic rings. The van der Waals surface area contributed by atoms with Gasteiger partial charge < -0.3 is 68.0 Å². The highest BCUT2D eigenvalue weighted by Crippen LogP contribution is 2.39. The summed E-state index contributed by atoms with van der Waals surface area (Å²) in [5, 5.41) is 0.211. The molecule has 11 rings (SSSR count). The van der Waals surface area contributed by atoms with Crippen LogP contribution in [0.2, 0.25) is 5.28 Å². The average Bonchev–Trinajstić information content (AvgIpc) is 3.62. The molecule has 0 radical (unpaired) electrons. The summed E-state index contributed by atoms with van der Waals surface area (Å²) in [6.07, 6.45) is -1.27. The zero-order valence-corrected chi connectivity index (χ0v) is 47.6. The first-order valence-corrected chi connectivity index (χ1v) is 26.9. The Labute approximate surface area is 468 Å². The van der Waals surface area contributed by atoms with E-state index in [1.54, 1.807) is 19.0 Å². The summed E-state index contributed by atoms with van der Waals surface area (Å²) in [4.78, 5) is 49.9. The van der Waals surface area contributed by atoms with Gasteiger partial charge in [0.2, 0.25) is 29.1 Å². The van der Waals surface area contributed by atoms with Crippen molar-refractivity contribution in [2.75, 3.05) is 132 Å². The number of nitrogens with two attached hydrogens (primary N) is 1. The van der Waals surface area contributed by atoms with Crippen molar-refractivity contribution in [2.45, 2.75) is 115 Å². The number of anilines is 5. The van der Waals surface area contributed by atoms with Gasteiger partial charge in [-0.25, -0.2) is 32.5 Å². The van der Waals surface area contributed by atoms with Crippen molar-refractivity contribution in [2.24, 2.45) is 4.99 Å². The predicted molar refractivity (Wildman–Crippen MR) is 292 cm³/mol. The van der Waals surface area contributed by atoms with Crippen molar-refractivity contribution in [1.29, 1.82) is 0 Å². The highest BCUT2D eigenvalue weighted by molar-refractivity contribution is 6.62. The number of morpholine rings is 6. The molecule has 0 spiro atoms. The Bertz CT molecular complexity index is 2770. The third-order valence-corrected chi connectivity index (χ3v) is 15.2. The van der Waals surface area contributed by atoms with Crippen LogP contribution in [0.1, 0.15) is 79.4 Å². The Hall–Kier alpha value is -5.46. The number of aromatic nitrogens is 8. The number of ether oxygens (including phenoxy) is 6. The highest BCUT2D eigenvalue weighted by Gasteiger charge is 2.53. The van der Waals surface area contributed by atoms with Crippen molar-refractivity contribution in [1.82, 2.24) is 44.8 Å². The SMILES string of the molecule is CC1(C)COCCN1c1nc(-c2cnc(N)cc2C(F)F)nc(N2C3COCC2COC3)n1.CC1(C)COCCN1c1nc(Cl)nc(N2C3COCC2COC3)n1.CN(C)C=Nc1cc(C(F)F)c(B2OC(C)(C)C(C)(C)O2)cn1. The number of pyridine rings is 2. The maximum Gasteiger partial charge on any atom is 0.496 e. The third-order valence-electron chi connectivity index (χ3n) is 15.0. The topological polar surface area (TPSA) is 232 Å². The van der Waals surface area contributed by atoms with Gasteiger partial charge >= 0.3 is 7.12 Å². The molecule has 23 nitrogen and oxygen atoms in total. The summed E-state index contributed by atoms with van der Waals surface area (Å²) in [5.41, 5.74) is 3.83. The minimum absolute atomic E-state index is 0.0118. The molecule has 80 heavy (non-hydrogen) atoms. The molecule has 0 aliphatic carbocycles. The van der Waals surface area contributed by atoms with E-state index in [1.807, 2.05) is 46.4 Å². The highest BCUT2D eigenvalue weighted by atomic mass is 35.5. The molecule has 4 bridgehead atoms. The fraction of sp³-hybridized carbons (Fsp3) is 0.667. The minimum Gasteiger partial charge on any atom is -0.399 e. The van der Waals surface area contributed by atoms with Gasteiger partial charge in [-0.1, -0.05) is 0 Å². The van der Waals surface area contributed by atoms with Crippen LogP contribution in [0, 0.1) is 0 Å². The number of nitrogens with zero attached hydrogens (tertiary/aromatic N) is 14. The third kappa shape index (κ3) is 13.1. The maximum atomic E-state index is 13.9. The summed E-state index contributed by atoms with van der Waals surface area (Å²) >= 11 is 6.23. The smallest absolute Gasteiger partial charge is 0.399 e. The number of aliphatic imine (C=N–C) groups is 1. The van der Waals surface area contributed by atoms with Gasteiger partial charge in [-0.05, 0) is 79.1 Å². The van der Waals surface area contributed by atoms with Gasteiger partial charge in [-0.15, -0.1) is 0 Å². The molecule has 7 aliphatic heterocycles. The monoisotopic (exact) mass is 1140 g/mol. The first kappa shape index (κ1) is 59.2. The van der Waals surface area contributed by atoms with E-state index < -0.39 is 31.2 Å². The zero-order valence-electron chi connectivity index (χ0n) is 46.8. The quantitative estimate of drug-likeness (QED) is 0.0957. The molecule has 0 atom stereocenters. The van der Waals surface area contributed by atoms with Crippen LogP contribution in [0.4, 0.5) is 53.0 Å². The van der Waals surface area contributed by atoms with Crippen LogP contribution in [0.5, 0.6) is 0 Å². The minimum atomic E-state index is -2.76. The van der Waals surface area contributed by atoms with E-state index in [-0.39, 0.29) is 80.1 Å². The number of hydrogen-bond acceptors (Lipinski definition) is 22. The molecular weight excluding hydrogens is 1070 g/mol. The first-order chi connectivity index (χ1) is 37.9. The molecule has 29 heteroatoms. The lowest BCUT2D eigenvalue weighted by Gasteiger charge is -2.46. The normalized spacial score (nSPS) is 24.8. The molecule has 0 unspecified atom stereocenters. The number of nitrogen functional groups attached to an aromatic ring is 1. The van der Waals surface area contributed by atoms with E-state index in [4.69, 9.17) is 65.0 Å². The summed E-state index contributed by atoms with van der Waals surface area (Å²) in [6.45, 7) is 23.7. The van der Waals surface area contributed by atoms with Crippen LogP contribution in [0.25, 0.3) is 11.4 Å². The van der Waals surface area contributed by atoms with E-state index in [9.17, 15) is 17.6 Å². The Kier molecular flexibility index (Phi) is 17.9.